The van der Waals surface area contributed by atoms with Crippen LogP contribution in [0.2, 0.25) is 0 Å². The zero-order valence-corrected chi connectivity index (χ0v) is 10.3. The van der Waals surface area contributed by atoms with Crippen LogP contribution in [0.3, 0.4) is 0 Å². The predicted molar refractivity (Wildman–Crippen MR) is 65.1 cm³/mol. The zero-order chi connectivity index (χ0) is 12.3. The Balaban J connectivity index is 1.83. The molecule has 1 heterocycles. The fourth-order valence-electron chi connectivity index (χ4n) is 1.65. The highest BCUT2D eigenvalue weighted by atomic mass is 16.7. The number of aliphatic hydroxyl groups excluding tert-OH is 1. The summed E-state index contributed by atoms with van der Waals surface area (Å²) >= 11 is 0. The summed E-state index contributed by atoms with van der Waals surface area (Å²) in [6.07, 6.45) is -0.302. The van der Waals surface area contributed by atoms with Gasteiger partial charge in [0.1, 0.15) is 0 Å². The van der Waals surface area contributed by atoms with E-state index in [2.05, 4.69) is 5.32 Å². The molecule has 0 aromatic heterocycles. The second-order valence-electron chi connectivity index (χ2n) is 4.63. The molecule has 0 aliphatic carbocycles. The van der Waals surface area contributed by atoms with Gasteiger partial charge in [-0.15, -0.1) is 0 Å². The lowest BCUT2D eigenvalue weighted by Crippen LogP contribution is -2.30. The van der Waals surface area contributed by atoms with E-state index in [1.165, 1.54) is 0 Å². The van der Waals surface area contributed by atoms with E-state index < -0.39 is 0 Å². The number of benzene rings is 1. The minimum absolute atomic E-state index is 0.277. The Morgan fingerprint density at radius 2 is 2.06 bits per heavy atom. The van der Waals surface area contributed by atoms with Crippen LogP contribution >= 0.6 is 0 Å². The maximum Gasteiger partial charge on any atom is 0.231 e. The average molecular weight is 237 g/mol. The van der Waals surface area contributed by atoms with Crippen molar-refractivity contribution in [3.8, 4) is 11.5 Å². The Morgan fingerprint density at radius 1 is 1.29 bits per heavy atom. The number of ether oxygens (including phenoxy) is 2. The Morgan fingerprint density at radius 3 is 2.82 bits per heavy atom. The maximum absolute atomic E-state index is 9.65. The molecule has 0 saturated carbocycles. The number of hydrogen-bond donors (Lipinski definition) is 2. The Kier molecular flexibility index (Phi) is 3.86. The van der Waals surface area contributed by atoms with Crippen molar-refractivity contribution >= 4 is 0 Å². The summed E-state index contributed by atoms with van der Waals surface area (Å²) in [6, 6.07) is 5.89. The number of aliphatic hydroxyl groups is 1. The highest BCUT2D eigenvalue weighted by Crippen LogP contribution is 2.32. The Labute approximate surface area is 102 Å². The van der Waals surface area contributed by atoms with Gasteiger partial charge < -0.3 is 19.9 Å². The lowest BCUT2D eigenvalue weighted by Gasteiger charge is -2.15. The minimum Gasteiger partial charge on any atom is -0.454 e. The molecule has 1 unspecified atom stereocenters. The van der Waals surface area contributed by atoms with Gasteiger partial charge in [-0.25, -0.2) is 0 Å². The molecule has 17 heavy (non-hydrogen) atoms. The summed E-state index contributed by atoms with van der Waals surface area (Å²) in [5.41, 5.74) is 1.13. The third-order valence-corrected chi connectivity index (χ3v) is 2.89. The third kappa shape index (κ3) is 3.11. The molecular formula is C13H19NO3. The standard InChI is InChI=1S/C13H19NO3/c1-9(2)11(15)7-14-6-10-3-4-12-13(5-10)17-8-16-12/h3-5,9,11,14-15H,6-8H2,1-2H3. The number of nitrogens with one attached hydrogen (secondary N) is 1. The molecule has 0 bridgehead atoms. The van der Waals surface area contributed by atoms with Crippen molar-refractivity contribution in [2.24, 2.45) is 5.92 Å². The van der Waals surface area contributed by atoms with Gasteiger partial charge in [0.2, 0.25) is 6.79 Å². The van der Waals surface area contributed by atoms with E-state index in [4.69, 9.17) is 9.47 Å². The number of hydrogen-bond acceptors (Lipinski definition) is 4. The smallest absolute Gasteiger partial charge is 0.231 e. The number of rotatable bonds is 5. The zero-order valence-electron chi connectivity index (χ0n) is 10.3. The number of fused-ring (bicyclic) bond motifs is 1. The normalized spacial score (nSPS) is 15.3. The molecule has 1 aliphatic heterocycles. The van der Waals surface area contributed by atoms with Crippen molar-refractivity contribution in [2.45, 2.75) is 26.5 Å². The van der Waals surface area contributed by atoms with Gasteiger partial charge in [0.05, 0.1) is 6.10 Å². The SMILES string of the molecule is CC(C)C(O)CNCc1ccc2c(c1)OCO2. The largest absolute Gasteiger partial charge is 0.454 e. The summed E-state index contributed by atoms with van der Waals surface area (Å²) in [6.45, 7) is 5.64. The summed E-state index contributed by atoms with van der Waals surface area (Å²) in [5.74, 6) is 1.88. The van der Waals surface area contributed by atoms with Gasteiger partial charge in [-0.1, -0.05) is 19.9 Å². The van der Waals surface area contributed by atoms with Gasteiger partial charge in [0, 0.05) is 13.1 Å². The quantitative estimate of drug-likeness (QED) is 0.815. The predicted octanol–water partition coefficient (Wildman–Crippen LogP) is 1.52. The molecule has 1 atom stereocenters. The van der Waals surface area contributed by atoms with Crippen LogP contribution < -0.4 is 14.8 Å². The van der Waals surface area contributed by atoms with E-state index in [0.717, 1.165) is 23.6 Å². The lowest BCUT2D eigenvalue weighted by atomic mass is 10.1. The van der Waals surface area contributed by atoms with Gasteiger partial charge in [-0.2, -0.15) is 0 Å². The Bertz CT molecular complexity index is 379. The first kappa shape index (κ1) is 12.2. The highest BCUT2D eigenvalue weighted by Gasteiger charge is 2.13. The molecule has 0 amide bonds. The average Bonchev–Trinajstić information content (AvgIpc) is 2.75. The molecule has 0 saturated heterocycles. The second-order valence-corrected chi connectivity index (χ2v) is 4.63. The highest BCUT2D eigenvalue weighted by molar-refractivity contribution is 5.44. The monoisotopic (exact) mass is 237 g/mol. The van der Waals surface area contributed by atoms with E-state index in [9.17, 15) is 5.11 Å². The van der Waals surface area contributed by atoms with Crippen LogP contribution in [0.15, 0.2) is 18.2 Å². The summed E-state index contributed by atoms with van der Waals surface area (Å²) in [7, 11) is 0. The van der Waals surface area contributed by atoms with Crippen LogP contribution in [-0.4, -0.2) is 24.5 Å². The molecule has 1 aromatic carbocycles. The fourth-order valence-corrected chi connectivity index (χ4v) is 1.65. The molecule has 0 spiro atoms. The fraction of sp³-hybridized carbons (Fsp3) is 0.538. The molecule has 1 aliphatic rings. The molecule has 0 fully saturated rings. The first-order valence-corrected chi connectivity index (χ1v) is 5.94. The van der Waals surface area contributed by atoms with Crippen LogP contribution in [-0.2, 0) is 6.54 Å². The van der Waals surface area contributed by atoms with Crippen molar-refractivity contribution in [1.29, 1.82) is 0 Å². The van der Waals surface area contributed by atoms with E-state index in [1.807, 2.05) is 32.0 Å². The summed E-state index contributed by atoms with van der Waals surface area (Å²) in [5, 5.41) is 12.9. The van der Waals surface area contributed by atoms with Crippen LogP contribution in [0.4, 0.5) is 0 Å². The van der Waals surface area contributed by atoms with Crippen molar-refractivity contribution in [3.05, 3.63) is 23.8 Å². The second kappa shape index (κ2) is 5.38. The van der Waals surface area contributed by atoms with Crippen LogP contribution in [0.5, 0.6) is 11.5 Å². The summed E-state index contributed by atoms with van der Waals surface area (Å²) in [4.78, 5) is 0. The van der Waals surface area contributed by atoms with E-state index in [0.29, 0.717) is 13.3 Å². The van der Waals surface area contributed by atoms with Crippen LogP contribution in [0.1, 0.15) is 19.4 Å². The maximum atomic E-state index is 9.65. The lowest BCUT2D eigenvalue weighted by molar-refractivity contribution is 0.123. The molecular weight excluding hydrogens is 218 g/mol. The van der Waals surface area contributed by atoms with Crippen LogP contribution in [0, 0.1) is 5.92 Å². The molecule has 1 aromatic rings. The topological polar surface area (TPSA) is 50.7 Å². The first-order chi connectivity index (χ1) is 8.16. The first-order valence-electron chi connectivity index (χ1n) is 5.94. The molecule has 4 heteroatoms. The van der Waals surface area contributed by atoms with Crippen molar-refractivity contribution in [1.82, 2.24) is 5.32 Å². The van der Waals surface area contributed by atoms with Gasteiger partial charge in [-0.3, -0.25) is 0 Å². The van der Waals surface area contributed by atoms with Gasteiger partial charge >= 0.3 is 0 Å². The Hall–Kier alpha value is -1.26. The van der Waals surface area contributed by atoms with Crippen molar-refractivity contribution in [2.75, 3.05) is 13.3 Å². The van der Waals surface area contributed by atoms with E-state index >= 15 is 0 Å². The third-order valence-electron chi connectivity index (χ3n) is 2.89. The van der Waals surface area contributed by atoms with Crippen molar-refractivity contribution < 1.29 is 14.6 Å². The van der Waals surface area contributed by atoms with E-state index in [-0.39, 0.29) is 12.0 Å². The van der Waals surface area contributed by atoms with Crippen molar-refractivity contribution in [3.63, 3.8) is 0 Å². The van der Waals surface area contributed by atoms with Gasteiger partial charge in [0.25, 0.3) is 0 Å². The molecule has 2 N–H and O–H groups in total. The minimum atomic E-state index is -0.302. The molecule has 0 radical (unpaired) electrons. The molecule has 2 rings (SSSR count). The molecule has 94 valence electrons. The summed E-state index contributed by atoms with van der Waals surface area (Å²) < 4.78 is 10.6. The van der Waals surface area contributed by atoms with E-state index in [1.54, 1.807) is 0 Å². The van der Waals surface area contributed by atoms with Gasteiger partial charge in [-0.05, 0) is 23.6 Å². The van der Waals surface area contributed by atoms with Crippen LogP contribution in [0.25, 0.3) is 0 Å². The van der Waals surface area contributed by atoms with Gasteiger partial charge in [0.15, 0.2) is 11.5 Å². The molecule has 4 nitrogen and oxygen atoms in total.